The third-order valence-electron chi connectivity index (χ3n) is 3.84. The predicted octanol–water partition coefficient (Wildman–Crippen LogP) is 2.34. The van der Waals surface area contributed by atoms with E-state index in [1.807, 2.05) is 0 Å². The number of halogens is 1. The average Bonchev–Trinajstić information content (AvgIpc) is 3.37. The van der Waals surface area contributed by atoms with Gasteiger partial charge in [-0.15, -0.1) is 0 Å². The number of rotatable bonds is 6. The molecule has 0 aliphatic rings. The SMILES string of the molecule is NC(=O)c1n[nH]nc1-c1ccc(-c2noc(COc3ccc(F)cc3)n2)cc1. The Bertz CT molecular complexity index is 1110. The van der Waals surface area contributed by atoms with E-state index in [1.54, 1.807) is 24.3 Å². The summed E-state index contributed by atoms with van der Waals surface area (Å²) in [5, 5.41) is 14.0. The Balaban J connectivity index is 1.47. The van der Waals surface area contributed by atoms with Gasteiger partial charge in [0, 0.05) is 11.1 Å². The Morgan fingerprint density at radius 1 is 1.07 bits per heavy atom. The molecule has 140 valence electrons. The van der Waals surface area contributed by atoms with Crippen molar-refractivity contribution in [2.75, 3.05) is 0 Å². The molecule has 2 heterocycles. The van der Waals surface area contributed by atoms with E-state index in [9.17, 15) is 9.18 Å². The van der Waals surface area contributed by atoms with E-state index in [0.717, 1.165) is 0 Å². The van der Waals surface area contributed by atoms with Crippen LogP contribution in [0.3, 0.4) is 0 Å². The fourth-order valence-electron chi connectivity index (χ4n) is 2.49. The van der Waals surface area contributed by atoms with Gasteiger partial charge >= 0.3 is 0 Å². The number of aromatic nitrogens is 5. The zero-order chi connectivity index (χ0) is 19.5. The number of nitrogens with one attached hydrogen (secondary N) is 1. The third-order valence-corrected chi connectivity index (χ3v) is 3.84. The molecule has 0 aliphatic heterocycles. The Hall–Kier alpha value is -4.08. The predicted molar refractivity (Wildman–Crippen MR) is 94.4 cm³/mol. The van der Waals surface area contributed by atoms with Gasteiger partial charge in [-0.25, -0.2) is 4.39 Å². The third kappa shape index (κ3) is 3.56. The van der Waals surface area contributed by atoms with Gasteiger partial charge in [0.25, 0.3) is 11.8 Å². The van der Waals surface area contributed by atoms with Gasteiger partial charge in [0.1, 0.15) is 17.3 Å². The first kappa shape index (κ1) is 17.3. The van der Waals surface area contributed by atoms with Crippen LogP contribution < -0.4 is 10.5 Å². The number of benzene rings is 2. The van der Waals surface area contributed by atoms with Crippen LogP contribution in [0.4, 0.5) is 4.39 Å². The fourth-order valence-corrected chi connectivity index (χ4v) is 2.49. The van der Waals surface area contributed by atoms with E-state index in [0.29, 0.717) is 28.4 Å². The Labute approximate surface area is 157 Å². The van der Waals surface area contributed by atoms with E-state index in [1.165, 1.54) is 24.3 Å². The number of hydrogen-bond donors (Lipinski definition) is 2. The molecule has 0 atom stereocenters. The molecule has 3 N–H and O–H groups in total. The van der Waals surface area contributed by atoms with Gasteiger partial charge in [-0.05, 0) is 24.3 Å². The summed E-state index contributed by atoms with van der Waals surface area (Å²) in [6.07, 6.45) is 0. The van der Waals surface area contributed by atoms with Crippen LogP contribution in [0.2, 0.25) is 0 Å². The second-order valence-corrected chi connectivity index (χ2v) is 5.72. The van der Waals surface area contributed by atoms with Gasteiger partial charge in [0.15, 0.2) is 12.3 Å². The quantitative estimate of drug-likeness (QED) is 0.524. The molecule has 0 radical (unpaired) electrons. The smallest absolute Gasteiger partial charge is 0.271 e. The van der Waals surface area contributed by atoms with Crippen molar-refractivity contribution in [1.82, 2.24) is 25.6 Å². The largest absolute Gasteiger partial charge is 0.484 e. The lowest BCUT2D eigenvalue weighted by molar-refractivity contribution is 0.0996. The highest BCUT2D eigenvalue weighted by Gasteiger charge is 2.16. The zero-order valence-electron chi connectivity index (χ0n) is 14.3. The summed E-state index contributed by atoms with van der Waals surface area (Å²) in [4.78, 5) is 15.6. The van der Waals surface area contributed by atoms with Crippen molar-refractivity contribution in [1.29, 1.82) is 0 Å². The summed E-state index contributed by atoms with van der Waals surface area (Å²) >= 11 is 0. The summed E-state index contributed by atoms with van der Waals surface area (Å²) in [7, 11) is 0. The molecule has 0 bridgehead atoms. The Morgan fingerprint density at radius 3 is 2.50 bits per heavy atom. The van der Waals surface area contributed by atoms with Gasteiger partial charge in [-0.1, -0.05) is 29.4 Å². The van der Waals surface area contributed by atoms with E-state index >= 15 is 0 Å². The lowest BCUT2D eigenvalue weighted by atomic mass is 10.1. The van der Waals surface area contributed by atoms with E-state index in [4.69, 9.17) is 15.0 Å². The van der Waals surface area contributed by atoms with Crippen LogP contribution in [-0.2, 0) is 6.61 Å². The zero-order valence-corrected chi connectivity index (χ0v) is 14.3. The summed E-state index contributed by atoms with van der Waals surface area (Å²) in [6, 6.07) is 12.6. The van der Waals surface area contributed by atoms with Gasteiger partial charge in [-0.3, -0.25) is 4.79 Å². The van der Waals surface area contributed by atoms with Crippen LogP contribution in [0.1, 0.15) is 16.4 Å². The molecule has 0 spiro atoms. The summed E-state index contributed by atoms with van der Waals surface area (Å²) in [6.45, 7) is 0.0532. The molecule has 9 nitrogen and oxygen atoms in total. The molecule has 2 aromatic carbocycles. The molecule has 2 aromatic heterocycles. The number of H-pyrrole nitrogens is 1. The molecule has 4 aromatic rings. The number of primary amides is 1. The van der Waals surface area contributed by atoms with Gasteiger partial charge in [0.05, 0.1) is 0 Å². The number of carbonyl (C=O) groups is 1. The van der Waals surface area contributed by atoms with Crippen LogP contribution in [0.5, 0.6) is 5.75 Å². The maximum absolute atomic E-state index is 12.9. The van der Waals surface area contributed by atoms with Crippen molar-refractivity contribution in [3.05, 3.63) is 65.9 Å². The standard InChI is InChI=1S/C18H13FN6O3/c19-12-5-7-13(8-6-12)27-9-14-21-18(24-28-14)11-3-1-10(2-4-11)15-16(17(20)26)23-25-22-15/h1-8H,9H2,(H2,20,26)(H,22,23,25). The van der Waals surface area contributed by atoms with Crippen LogP contribution in [-0.4, -0.2) is 31.5 Å². The topological polar surface area (TPSA) is 133 Å². The highest BCUT2D eigenvalue weighted by molar-refractivity contribution is 5.96. The average molecular weight is 380 g/mol. The Kier molecular flexibility index (Phi) is 4.50. The van der Waals surface area contributed by atoms with Crippen molar-refractivity contribution in [2.45, 2.75) is 6.61 Å². The van der Waals surface area contributed by atoms with E-state index in [-0.39, 0.29) is 24.0 Å². The molecule has 0 unspecified atom stereocenters. The molecule has 4 rings (SSSR count). The first-order chi connectivity index (χ1) is 13.6. The van der Waals surface area contributed by atoms with Crippen molar-refractivity contribution >= 4 is 5.91 Å². The maximum atomic E-state index is 12.9. The normalized spacial score (nSPS) is 10.8. The molecule has 0 saturated heterocycles. The maximum Gasteiger partial charge on any atom is 0.271 e. The van der Waals surface area contributed by atoms with E-state index < -0.39 is 5.91 Å². The van der Waals surface area contributed by atoms with Gasteiger partial charge in [0.2, 0.25) is 5.82 Å². The second kappa shape index (κ2) is 7.27. The number of aromatic amines is 1. The first-order valence-corrected chi connectivity index (χ1v) is 8.12. The van der Waals surface area contributed by atoms with Crippen LogP contribution in [0, 0.1) is 5.82 Å². The Morgan fingerprint density at radius 2 is 1.79 bits per heavy atom. The highest BCUT2D eigenvalue weighted by Crippen LogP contribution is 2.24. The minimum Gasteiger partial charge on any atom is -0.484 e. The minimum absolute atomic E-state index is 0.0532. The first-order valence-electron chi connectivity index (χ1n) is 8.12. The molecular formula is C18H13FN6O3. The van der Waals surface area contributed by atoms with Crippen molar-refractivity contribution in [3.8, 4) is 28.4 Å². The number of carbonyl (C=O) groups excluding carboxylic acids is 1. The van der Waals surface area contributed by atoms with Gasteiger partial charge < -0.3 is 15.0 Å². The number of nitrogens with two attached hydrogens (primary N) is 1. The van der Waals surface area contributed by atoms with Crippen LogP contribution in [0.15, 0.2) is 53.1 Å². The molecule has 0 aliphatic carbocycles. The summed E-state index contributed by atoms with van der Waals surface area (Å²) < 4.78 is 23.5. The second-order valence-electron chi connectivity index (χ2n) is 5.72. The fraction of sp³-hybridized carbons (Fsp3) is 0.0556. The lowest BCUT2D eigenvalue weighted by Gasteiger charge is -2.01. The number of hydrogen-bond acceptors (Lipinski definition) is 7. The molecule has 1 amide bonds. The van der Waals surface area contributed by atoms with Crippen molar-refractivity contribution < 1.29 is 18.4 Å². The van der Waals surface area contributed by atoms with Crippen LogP contribution >= 0.6 is 0 Å². The van der Waals surface area contributed by atoms with Gasteiger partial charge in [-0.2, -0.15) is 20.4 Å². The molecular weight excluding hydrogens is 367 g/mol. The van der Waals surface area contributed by atoms with Crippen molar-refractivity contribution in [3.63, 3.8) is 0 Å². The molecule has 0 fully saturated rings. The number of amides is 1. The highest BCUT2D eigenvalue weighted by atomic mass is 19.1. The molecule has 10 heteroatoms. The molecule has 0 saturated carbocycles. The van der Waals surface area contributed by atoms with Crippen molar-refractivity contribution in [2.24, 2.45) is 5.73 Å². The van der Waals surface area contributed by atoms with Crippen LogP contribution in [0.25, 0.3) is 22.6 Å². The lowest BCUT2D eigenvalue weighted by Crippen LogP contribution is -2.12. The summed E-state index contributed by atoms with van der Waals surface area (Å²) in [5.41, 5.74) is 7.06. The monoisotopic (exact) mass is 380 g/mol. The summed E-state index contributed by atoms with van der Waals surface area (Å²) in [5.74, 6) is 0.125. The number of ether oxygens (including phenoxy) is 1. The molecule has 28 heavy (non-hydrogen) atoms. The van der Waals surface area contributed by atoms with E-state index in [2.05, 4.69) is 25.6 Å². The number of nitrogens with zero attached hydrogens (tertiary/aromatic N) is 4. The minimum atomic E-state index is -0.670.